The van der Waals surface area contributed by atoms with Crippen LogP contribution < -0.4 is 0 Å². The topological polar surface area (TPSA) is 137 Å². The number of azo groups is 2. The first kappa shape index (κ1) is 34.8. The third kappa shape index (κ3) is 7.36. The zero-order valence-electron chi connectivity index (χ0n) is 29.4. The van der Waals surface area contributed by atoms with Crippen molar-refractivity contribution in [2.45, 2.75) is 13.8 Å². The van der Waals surface area contributed by atoms with Crippen LogP contribution in [0.3, 0.4) is 0 Å². The molecule has 0 aliphatic heterocycles. The first-order chi connectivity index (χ1) is 26.3. The van der Waals surface area contributed by atoms with E-state index in [9.17, 15) is 20.7 Å². The van der Waals surface area contributed by atoms with Crippen LogP contribution in [0.5, 0.6) is 11.5 Å². The Morgan fingerprint density at radius 1 is 0.500 bits per heavy atom. The first-order valence-corrected chi connectivity index (χ1v) is 17.1. The smallest absolute Gasteiger partial charge is 0.146 e. The first-order valence-electron chi connectivity index (χ1n) is 17.1. The minimum atomic E-state index is 0.0955. The van der Waals surface area contributed by atoms with Gasteiger partial charge in [0.05, 0.1) is 34.7 Å². The number of nitriles is 2. The number of hydrogen-bond acceptors (Lipinski definition) is 8. The summed E-state index contributed by atoms with van der Waals surface area (Å²) in [4.78, 5) is 0. The van der Waals surface area contributed by atoms with Gasteiger partial charge in [-0.25, -0.2) is 0 Å². The molecule has 0 saturated carbocycles. The van der Waals surface area contributed by atoms with Crippen molar-refractivity contribution in [3.05, 3.63) is 167 Å². The third-order valence-corrected chi connectivity index (χ3v) is 9.06. The average Bonchev–Trinajstić information content (AvgIpc) is 3.20. The fraction of sp³-hybridized carbons (Fsp3) is 0.0435. The van der Waals surface area contributed by atoms with Crippen molar-refractivity contribution in [2.75, 3.05) is 0 Å². The lowest BCUT2D eigenvalue weighted by molar-refractivity contribution is 0.472. The summed E-state index contributed by atoms with van der Waals surface area (Å²) in [5.41, 5.74) is 7.50. The molecule has 8 nitrogen and oxygen atoms in total. The number of hydrogen-bond donors (Lipinski definition) is 2. The number of aryl methyl sites for hydroxylation is 2. The second-order valence-corrected chi connectivity index (χ2v) is 12.7. The Kier molecular flexibility index (Phi) is 9.84. The second-order valence-electron chi connectivity index (χ2n) is 12.7. The molecule has 0 bridgehead atoms. The van der Waals surface area contributed by atoms with E-state index in [0.29, 0.717) is 33.9 Å². The van der Waals surface area contributed by atoms with Crippen LogP contribution in [0.1, 0.15) is 33.4 Å². The minimum Gasteiger partial charge on any atom is -0.505 e. The van der Waals surface area contributed by atoms with Gasteiger partial charge in [0, 0.05) is 10.8 Å². The molecule has 7 aromatic carbocycles. The minimum absolute atomic E-state index is 0.0955. The maximum atomic E-state index is 10.7. The lowest BCUT2D eigenvalue weighted by Crippen LogP contribution is -1.84. The standard InChI is InChI=1S/C46H32N6O2/c1-29-23-35-7-3-5-9-41(35)43(45(29)53)51-49-39-19-15-33(16-20-39)37(27-47)25-31-11-13-32(14-12-31)26-38(28-48)34-17-21-40(22-18-34)50-52-44-42-10-6-4-8-36(42)24-30(2)46(44)54/h3-26,53-54H,1-2H3/b37-25-,38-26?,51-49?,52-50?. The monoisotopic (exact) mass is 700 g/mol. The number of rotatable bonds is 8. The van der Waals surface area contributed by atoms with Gasteiger partial charge in [-0.2, -0.15) is 20.8 Å². The average molecular weight is 701 g/mol. The zero-order chi connectivity index (χ0) is 37.6. The summed E-state index contributed by atoms with van der Waals surface area (Å²) in [7, 11) is 0. The summed E-state index contributed by atoms with van der Waals surface area (Å²) in [5, 5.41) is 62.3. The van der Waals surface area contributed by atoms with E-state index in [-0.39, 0.29) is 11.5 Å². The van der Waals surface area contributed by atoms with Gasteiger partial charge in [-0.3, -0.25) is 0 Å². The SMILES string of the molecule is Cc1cc2ccccc2c(N=Nc2ccc(C(C#N)=Cc3ccc(/C=C(/C#N)c4ccc(N=Nc5c(O)c(C)cc6ccccc56)cc4)cc3)cc2)c1O. The van der Waals surface area contributed by atoms with Crippen molar-refractivity contribution < 1.29 is 10.2 Å². The Morgan fingerprint density at radius 2 is 0.870 bits per heavy atom. The number of nitrogens with zero attached hydrogens (tertiary/aromatic N) is 6. The van der Waals surface area contributed by atoms with Crippen LogP contribution in [0.2, 0.25) is 0 Å². The van der Waals surface area contributed by atoms with Gasteiger partial charge in [0.1, 0.15) is 22.9 Å². The molecular weight excluding hydrogens is 669 g/mol. The number of phenolic OH excluding ortho intramolecular Hbond substituents is 2. The Bertz CT molecular complexity index is 2560. The lowest BCUT2D eigenvalue weighted by atomic mass is 10.0. The molecule has 0 fully saturated rings. The van der Waals surface area contributed by atoms with Crippen molar-refractivity contribution in [3.8, 4) is 23.6 Å². The Morgan fingerprint density at radius 3 is 1.24 bits per heavy atom. The highest BCUT2D eigenvalue weighted by atomic mass is 16.3. The van der Waals surface area contributed by atoms with E-state index < -0.39 is 0 Å². The van der Waals surface area contributed by atoms with E-state index in [1.165, 1.54) is 0 Å². The number of benzene rings is 7. The van der Waals surface area contributed by atoms with Gasteiger partial charge in [-0.1, -0.05) is 97.1 Å². The summed E-state index contributed by atoms with van der Waals surface area (Å²) in [6.45, 7) is 3.66. The summed E-state index contributed by atoms with van der Waals surface area (Å²) in [5.74, 6) is 0.191. The van der Waals surface area contributed by atoms with Crippen LogP contribution in [0.25, 0.3) is 44.8 Å². The maximum Gasteiger partial charge on any atom is 0.146 e. The van der Waals surface area contributed by atoms with E-state index in [1.54, 1.807) is 36.4 Å². The van der Waals surface area contributed by atoms with Crippen LogP contribution in [-0.2, 0) is 0 Å². The maximum absolute atomic E-state index is 10.7. The number of aromatic hydroxyl groups is 2. The van der Waals surface area contributed by atoms with Gasteiger partial charge < -0.3 is 10.2 Å². The van der Waals surface area contributed by atoms with Gasteiger partial charge in [-0.15, -0.1) is 10.2 Å². The zero-order valence-corrected chi connectivity index (χ0v) is 29.4. The van der Waals surface area contributed by atoms with Crippen LogP contribution in [0.15, 0.2) is 154 Å². The summed E-state index contributed by atoms with van der Waals surface area (Å²) >= 11 is 0. The Labute approximate surface area is 312 Å². The molecule has 0 aliphatic rings. The highest BCUT2D eigenvalue weighted by Crippen LogP contribution is 2.40. The molecule has 7 aromatic rings. The van der Waals surface area contributed by atoms with Crippen molar-refractivity contribution in [3.63, 3.8) is 0 Å². The summed E-state index contributed by atoms with van der Waals surface area (Å²) < 4.78 is 0. The predicted octanol–water partition coefficient (Wildman–Crippen LogP) is 13.0. The summed E-state index contributed by atoms with van der Waals surface area (Å²) in [6.07, 6.45) is 3.61. The molecule has 258 valence electrons. The molecule has 0 spiro atoms. The van der Waals surface area contributed by atoms with Gasteiger partial charge in [0.25, 0.3) is 0 Å². The largest absolute Gasteiger partial charge is 0.505 e. The molecule has 0 saturated heterocycles. The third-order valence-electron chi connectivity index (χ3n) is 9.06. The van der Waals surface area contributed by atoms with Crippen LogP contribution in [0.4, 0.5) is 22.7 Å². The molecule has 0 aliphatic carbocycles. The van der Waals surface area contributed by atoms with Crippen molar-refractivity contribution in [1.29, 1.82) is 10.5 Å². The predicted molar refractivity (Wildman–Crippen MR) is 215 cm³/mol. The molecule has 0 unspecified atom stereocenters. The highest BCUT2D eigenvalue weighted by Gasteiger charge is 2.12. The Hall–Kier alpha value is -7.68. The molecule has 0 radical (unpaired) electrons. The Balaban J connectivity index is 1.05. The molecular formula is C46H32N6O2. The molecule has 0 aromatic heterocycles. The van der Waals surface area contributed by atoms with E-state index >= 15 is 0 Å². The molecule has 8 heteroatoms. The van der Waals surface area contributed by atoms with Crippen LogP contribution in [0, 0.1) is 36.5 Å². The molecule has 0 amide bonds. The van der Waals surface area contributed by atoms with E-state index in [2.05, 4.69) is 32.6 Å². The van der Waals surface area contributed by atoms with E-state index in [4.69, 9.17) is 0 Å². The number of fused-ring (bicyclic) bond motifs is 2. The van der Waals surface area contributed by atoms with Crippen molar-refractivity contribution in [1.82, 2.24) is 0 Å². The molecule has 0 atom stereocenters. The van der Waals surface area contributed by atoms with Gasteiger partial charge in [0.2, 0.25) is 0 Å². The number of allylic oxidation sites excluding steroid dienone is 2. The van der Waals surface area contributed by atoms with Crippen molar-refractivity contribution in [2.24, 2.45) is 20.5 Å². The lowest BCUT2D eigenvalue weighted by Gasteiger charge is -2.07. The van der Waals surface area contributed by atoms with Gasteiger partial charge >= 0.3 is 0 Å². The molecule has 54 heavy (non-hydrogen) atoms. The van der Waals surface area contributed by atoms with Crippen LogP contribution >= 0.6 is 0 Å². The van der Waals surface area contributed by atoms with Gasteiger partial charge in [0.15, 0.2) is 0 Å². The molecule has 0 heterocycles. The fourth-order valence-corrected chi connectivity index (χ4v) is 6.12. The van der Waals surface area contributed by atoms with E-state index in [0.717, 1.165) is 54.9 Å². The summed E-state index contributed by atoms with van der Waals surface area (Å²) in [6, 6.07) is 45.8. The number of phenols is 2. The van der Waals surface area contributed by atoms with Crippen LogP contribution in [-0.4, -0.2) is 10.2 Å². The second kappa shape index (κ2) is 15.3. The fourth-order valence-electron chi connectivity index (χ4n) is 6.12. The molecule has 2 N–H and O–H groups in total. The highest BCUT2D eigenvalue weighted by molar-refractivity contribution is 5.97. The van der Waals surface area contributed by atoms with E-state index in [1.807, 2.05) is 123 Å². The van der Waals surface area contributed by atoms with Crippen molar-refractivity contribution >= 4 is 67.6 Å². The quantitative estimate of drug-likeness (QED) is 0.0925. The van der Waals surface area contributed by atoms with Gasteiger partial charge in [-0.05, 0) is 107 Å². The molecule has 7 rings (SSSR count). The normalized spacial score (nSPS) is 12.1.